The van der Waals surface area contributed by atoms with E-state index in [9.17, 15) is 53.8 Å². The van der Waals surface area contributed by atoms with Gasteiger partial charge in [-0.05, 0) is 55.4 Å². The van der Waals surface area contributed by atoms with Crippen molar-refractivity contribution in [2.75, 3.05) is 102 Å². The summed E-state index contributed by atoms with van der Waals surface area (Å²) in [6, 6.07) is 0. The van der Waals surface area contributed by atoms with Gasteiger partial charge in [-0.15, -0.1) is 46.4 Å². The van der Waals surface area contributed by atoms with Gasteiger partial charge >= 0.3 is 0 Å². The Morgan fingerprint density at radius 2 is 0.526 bits per heavy atom. The van der Waals surface area contributed by atoms with Crippen molar-refractivity contribution in [2.24, 2.45) is 39.4 Å². The fourth-order valence-electron chi connectivity index (χ4n) is 9.97. The SMILES string of the molecule is CC(C)(C)c1nn(N)c(NC(=O)C(C)(C)C(C)(C)[N+](=O)[O-])c1Cl.CC(C)(C)c1nn(NC(=O)C(C)(C)C(C)(C)[N+](=O)[O-])c(N)c1Cl.CC(C)(CCl)C(=O)Nc1c(Cl)c(C(C)(C)C)nn1N.CC(C)(CCl)C(=O)Nn1nc(C(C)(C)C)c(Cl)c1N.CC(C)C(=O)Nc1c(Cl)c(C(C)(C)C)nn1N.CC(CCl)C(=O)Nc1c(Cl)c(C(C)(C)C)nn1N.CC(CCl)C(=O)Nn1nc(C(C)(C)C)c(Cl)c1N. The van der Waals surface area contributed by atoms with Crippen LogP contribution in [0, 0.1) is 59.6 Å². The van der Waals surface area contributed by atoms with Crippen LogP contribution in [0.15, 0.2) is 0 Å². The summed E-state index contributed by atoms with van der Waals surface area (Å²) in [7, 11) is 0. The third-order valence-electron chi connectivity index (χ3n) is 21.4. The number of nitro groups is 2. The lowest BCUT2D eigenvalue weighted by molar-refractivity contribution is -0.576. The molecule has 0 saturated carbocycles. The number of rotatable bonds is 22. The minimum atomic E-state index is -1.48. The number of carbonyl (C=O) groups is 7. The highest BCUT2D eigenvalue weighted by Crippen LogP contribution is 2.43. The molecule has 7 aromatic heterocycles. The van der Waals surface area contributed by atoms with Crippen LogP contribution in [0.1, 0.15) is 296 Å². The first kappa shape index (κ1) is 126. The van der Waals surface area contributed by atoms with Crippen molar-refractivity contribution < 1.29 is 43.4 Å². The van der Waals surface area contributed by atoms with Crippen LogP contribution >= 0.6 is 128 Å². The molecule has 2 atom stereocenters. The molecular weight excluding hydrogens is 2010 g/mol. The molecule has 41 nitrogen and oxygen atoms in total. The average Bonchev–Trinajstić information content (AvgIpc) is 1.74. The molecule has 0 fully saturated rings. The molecular formula is C85H143Cl11N30O11. The first-order valence-electron chi connectivity index (χ1n) is 42.8. The Hall–Kier alpha value is -8.65. The first-order valence-corrected chi connectivity index (χ1v) is 47.6. The summed E-state index contributed by atoms with van der Waals surface area (Å²) in [5.74, 6) is 22.2. The molecule has 0 spiro atoms. The molecule has 21 N–H and O–H groups in total. The number of anilines is 7. The zero-order valence-electron chi connectivity index (χ0n) is 85.4. The highest BCUT2D eigenvalue weighted by molar-refractivity contribution is 6.37. The minimum Gasteiger partial charge on any atom is -0.381 e. The summed E-state index contributed by atoms with van der Waals surface area (Å²) in [5, 5.41) is 64.6. The maximum atomic E-state index is 12.6. The Labute approximate surface area is 857 Å². The highest BCUT2D eigenvalue weighted by Gasteiger charge is 2.55. The van der Waals surface area contributed by atoms with Crippen LogP contribution in [-0.4, -0.2) is 155 Å². The fraction of sp³-hybridized carbons (Fsp3) is 0.671. The molecule has 0 bridgehead atoms. The van der Waals surface area contributed by atoms with Crippen molar-refractivity contribution in [3.05, 3.63) is 95.2 Å². The summed E-state index contributed by atoms with van der Waals surface area (Å²) in [5.41, 5.74) is 20.5. The number of amides is 7. The van der Waals surface area contributed by atoms with E-state index < -0.39 is 54.4 Å². The van der Waals surface area contributed by atoms with Gasteiger partial charge < -0.3 is 61.8 Å². The lowest BCUT2D eigenvalue weighted by Crippen LogP contribution is -2.54. The predicted octanol–water partition coefficient (Wildman–Crippen LogP) is 17.5. The number of nitrogens with two attached hydrogens (primary N) is 7. The normalized spacial score (nSPS) is 12.9. The van der Waals surface area contributed by atoms with Crippen molar-refractivity contribution in [3.63, 3.8) is 0 Å². The standard InChI is InChI=1S/2C14H24ClN5O3.2C12H20Cl2N4O.2C11H18Cl2N4O.C11H19ClN4O/c1-12(2,3)9-8(15)10(19(16)18-9)17-11(21)13(4,5)14(6,7)20(22)23;1-12(2,3)9-8(15)10(16)19(17-9)18-11(21)13(4,5)14(6,7)20(22)23;1-11(2,3)8-7(14)9(18(15)17-8)16-10(19)12(4,5)6-13;1-11(2,3)8-7(14)9(15)18(16-8)17-10(19)12(4,5)6-13;1-6(5-12)10(18)15-9-7(13)8(11(2,3)4)16-17(9)14;1-6(5-12)10(18)16-17-9(14)7(13)8(15-17)11(2,3)4;1-6(2)10(17)14-9-7(12)8(11(3,4)5)15-16(9)13/h16H2,1-7H3,(H,17,21);16H2,1-7H3,(H,18,21);6,15H2,1-5H3,(H,16,19);6,15H2,1-5H3,(H,17,19);6H,5,14H2,1-4H3,(H,15,18);6H,5,14H2,1-4H3,(H,16,18);6H,13H2,1-5H3,(H,14,17). The van der Waals surface area contributed by atoms with Crippen molar-refractivity contribution in [1.29, 1.82) is 0 Å². The second-order valence-corrected chi connectivity index (χ2v) is 47.2. The Balaban J connectivity index is 0.000000801. The summed E-state index contributed by atoms with van der Waals surface area (Å²) >= 11 is 66.1. The monoisotopic (exact) mass is 2140 g/mol. The van der Waals surface area contributed by atoms with Gasteiger partial charge in [0.25, 0.3) is 5.91 Å². The van der Waals surface area contributed by atoms with Gasteiger partial charge in [-0.25, -0.2) is 16.3 Å². The van der Waals surface area contributed by atoms with E-state index in [0.717, 1.165) is 24.0 Å². The van der Waals surface area contributed by atoms with Gasteiger partial charge in [0.05, 0.1) is 56.6 Å². The summed E-state index contributed by atoms with van der Waals surface area (Å²) in [6.45, 7) is 66.6. The molecule has 0 aliphatic heterocycles. The van der Waals surface area contributed by atoms with Crippen LogP contribution in [0.3, 0.4) is 0 Å². The Kier molecular flexibility index (Phi) is 43.6. The van der Waals surface area contributed by atoms with E-state index in [-0.39, 0.29) is 148 Å². The van der Waals surface area contributed by atoms with Crippen molar-refractivity contribution in [2.45, 2.75) is 305 Å². The largest absolute Gasteiger partial charge is 0.381 e. The van der Waals surface area contributed by atoms with E-state index in [1.807, 2.05) is 145 Å². The van der Waals surface area contributed by atoms with Crippen LogP contribution < -0.4 is 78.1 Å². The molecule has 7 aromatic rings. The summed E-state index contributed by atoms with van der Waals surface area (Å²) in [4.78, 5) is 114. The number of hydrogen-bond acceptors (Lipinski definition) is 25. The predicted molar refractivity (Wildman–Crippen MR) is 556 cm³/mol. The smallest absolute Gasteiger partial charge is 0.253 e. The second-order valence-electron chi connectivity index (χ2n) is 43.4. The zero-order valence-corrected chi connectivity index (χ0v) is 93.7. The first-order chi connectivity index (χ1) is 61.3. The van der Waals surface area contributed by atoms with Gasteiger partial charge in [-0.1, -0.05) is 254 Å². The zero-order chi connectivity index (χ0) is 108. The molecule has 7 amide bonds. The molecule has 52 heteroatoms. The van der Waals surface area contributed by atoms with Gasteiger partial charge in [-0.2, -0.15) is 69.2 Å². The Morgan fingerprint density at radius 3 is 0.752 bits per heavy atom. The van der Waals surface area contributed by atoms with Crippen LogP contribution in [0.4, 0.5) is 40.7 Å². The average molecular weight is 2150 g/mol. The van der Waals surface area contributed by atoms with Gasteiger partial charge in [0.15, 0.2) is 40.7 Å². The molecule has 0 aromatic carbocycles. The summed E-state index contributed by atoms with van der Waals surface area (Å²) in [6.07, 6.45) is 0. The van der Waals surface area contributed by atoms with E-state index in [1.54, 1.807) is 55.4 Å². The summed E-state index contributed by atoms with van der Waals surface area (Å²) < 4.78 is 0. The molecule has 2 unspecified atom stereocenters. The molecule has 776 valence electrons. The van der Waals surface area contributed by atoms with E-state index in [2.05, 4.69) is 73.2 Å². The quantitative estimate of drug-likeness (QED) is 0.0130. The molecule has 7 rings (SSSR count). The van der Waals surface area contributed by atoms with Gasteiger partial charge in [-0.3, -0.25) is 53.8 Å². The van der Waals surface area contributed by atoms with Gasteiger partial charge in [0.1, 0.15) is 46.0 Å². The van der Waals surface area contributed by atoms with Crippen LogP contribution in [0.5, 0.6) is 0 Å². The van der Waals surface area contributed by atoms with Crippen LogP contribution in [-0.2, 0) is 71.5 Å². The number of hydrogen-bond donors (Lipinski definition) is 14. The van der Waals surface area contributed by atoms with E-state index >= 15 is 0 Å². The van der Waals surface area contributed by atoms with Crippen LogP contribution in [0.25, 0.3) is 0 Å². The number of aromatic nitrogens is 14. The molecule has 0 aliphatic rings. The van der Waals surface area contributed by atoms with Crippen molar-refractivity contribution >= 4 is 210 Å². The van der Waals surface area contributed by atoms with Gasteiger partial charge in [0.2, 0.25) is 46.5 Å². The number of alkyl halides is 4. The lowest BCUT2D eigenvalue weighted by atomic mass is 9.74. The molecule has 7 heterocycles. The highest BCUT2D eigenvalue weighted by atomic mass is 35.5. The second kappa shape index (κ2) is 47.3. The Morgan fingerprint density at radius 1 is 0.314 bits per heavy atom. The maximum Gasteiger partial charge on any atom is 0.253 e. The van der Waals surface area contributed by atoms with E-state index in [1.165, 1.54) is 65.0 Å². The minimum absolute atomic E-state index is 0.0830. The fourth-order valence-corrected chi connectivity index (χ4v) is 13.5. The number of nitrogens with one attached hydrogen (secondary N) is 7. The lowest BCUT2D eigenvalue weighted by Gasteiger charge is -2.32. The molecule has 0 radical (unpaired) electrons. The topological polar surface area (TPSA) is 597 Å². The third kappa shape index (κ3) is 32.2. The van der Waals surface area contributed by atoms with Crippen LogP contribution in [0.2, 0.25) is 35.2 Å². The number of nitrogens with zero attached hydrogens (tertiary/aromatic N) is 16. The van der Waals surface area contributed by atoms with E-state index in [0.29, 0.717) is 76.6 Å². The molecule has 137 heavy (non-hydrogen) atoms. The van der Waals surface area contributed by atoms with Gasteiger partial charge in [0, 0.05) is 111 Å². The number of carbonyl (C=O) groups excluding carboxylic acids is 7. The number of nitrogen functional groups attached to an aromatic ring is 7. The Bertz CT molecular complexity index is 5400. The molecule has 0 saturated heterocycles. The van der Waals surface area contributed by atoms with Crippen molar-refractivity contribution in [1.82, 2.24) is 69.2 Å². The van der Waals surface area contributed by atoms with E-state index in [4.69, 9.17) is 168 Å². The number of halogens is 11. The maximum absolute atomic E-state index is 12.6. The van der Waals surface area contributed by atoms with Crippen molar-refractivity contribution in [3.8, 4) is 0 Å². The molecule has 0 aliphatic carbocycles. The third-order valence-corrected chi connectivity index (χ3v) is 26.2.